The van der Waals surface area contributed by atoms with Gasteiger partial charge in [0.25, 0.3) is 0 Å². The first kappa shape index (κ1) is 30.6. The number of likely N-dealkylation sites (N-methyl/N-ethyl adjacent to an activating group) is 1. The Hall–Kier alpha value is -4.90. The number of hydrogen-bond donors (Lipinski definition) is 3. The fraction of sp³-hybridized carbons (Fsp3) is 0.250. The first-order valence-corrected chi connectivity index (χ1v) is 14.4. The van der Waals surface area contributed by atoms with E-state index in [9.17, 15) is 18.8 Å². The van der Waals surface area contributed by atoms with Gasteiger partial charge in [0.2, 0.25) is 5.91 Å². The number of carbonyl (C=O) groups is 3. The van der Waals surface area contributed by atoms with Gasteiger partial charge in [0, 0.05) is 36.7 Å². The number of nitrogens with one attached hydrogen (secondary N) is 3. The highest BCUT2D eigenvalue weighted by Gasteiger charge is 2.31. The molecule has 1 aliphatic rings. The molecule has 44 heavy (non-hydrogen) atoms. The third-order valence-electron chi connectivity index (χ3n) is 7.42. The van der Waals surface area contributed by atoms with E-state index < -0.39 is 30.0 Å². The number of H-pyrrole nitrogens is 1. The van der Waals surface area contributed by atoms with Crippen LogP contribution in [0.1, 0.15) is 41.7 Å². The molecule has 5 rings (SSSR count). The Labute approximate surface area is 258 Å². The second kappa shape index (κ2) is 13.6. The molecule has 2 unspecified atom stereocenters. The normalized spacial score (nSPS) is 14.5. The first-order chi connectivity index (χ1) is 21.2. The van der Waals surface area contributed by atoms with Crippen LogP contribution in [0.15, 0.2) is 72.9 Å². The molecule has 4 aromatic rings. The van der Waals surface area contributed by atoms with E-state index in [0.29, 0.717) is 48.7 Å². The van der Waals surface area contributed by atoms with Crippen molar-refractivity contribution in [3.05, 3.63) is 101 Å². The van der Waals surface area contributed by atoms with Crippen molar-refractivity contribution in [3.63, 3.8) is 0 Å². The highest BCUT2D eigenvalue weighted by molar-refractivity contribution is 6.31. The van der Waals surface area contributed by atoms with Crippen LogP contribution in [0.5, 0.6) is 0 Å². The molecule has 3 N–H and O–H groups in total. The fourth-order valence-electron chi connectivity index (χ4n) is 5.13. The van der Waals surface area contributed by atoms with Gasteiger partial charge in [0.15, 0.2) is 5.82 Å². The third-order valence-corrected chi connectivity index (χ3v) is 7.71. The highest BCUT2D eigenvalue weighted by atomic mass is 35.5. The maximum Gasteiger partial charge on any atom is 0.412 e. The van der Waals surface area contributed by atoms with Gasteiger partial charge >= 0.3 is 12.2 Å². The number of nitrogens with zero attached hydrogens (tertiary/aromatic N) is 2. The van der Waals surface area contributed by atoms with E-state index >= 15 is 0 Å². The largest absolute Gasteiger partial charge is 0.453 e. The molecule has 0 bridgehead atoms. The van der Waals surface area contributed by atoms with E-state index in [1.54, 1.807) is 48.5 Å². The number of imidazole rings is 1. The van der Waals surface area contributed by atoms with Crippen LogP contribution >= 0.6 is 11.6 Å². The zero-order valence-electron chi connectivity index (χ0n) is 24.1. The Morgan fingerprint density at radius 2 is 1.89 bits per heavy atom. The first-order valence-electron chi connectivity index (χ1n) is 14.0. The lowest BCUT2D eigenvalue weighted by atomic mass is 9.95. The van der Waals surface area contributed by atoms with Crippen molar-refractivity contribution in [2.75, 3.05) is 31.3 Å². The van der Waals surface area contributed by atoms with Crippen LogP contribution in [0.25, 0.3) is 11.4 Å². The molecule has 0 saturated carbocycles. The summed E-state index contributed by atoms with van der Waals surface area (Å²) < 4.78 is 24.8. The van der Waals surface area contributed by atoms with Gasteiger partial charge in [-0.25, -0.2) is 19.0 Å². The smallest absolute Gasteiger partial charge is 0.412 e. The van der Waals surface area contributed by atoms with Crippen LogP contribution in [0.4, 0.5) is 25.4 Å². The molecular formula is C32H31ClFN5O5. The number of ether oxygens (including phenoxy) is 2. The summed E-state index contributed by atoms with van der Waals surface area (Å²) in [6, 6.07) is 19.7. The molecule has 1 aliphatic heterocycles. The summed E-state index contributed by atoms with van der Waals surface area (Å²) in [7, 11) is 3.00. The maximum atomic E-state index is 14.8. The Kier molecular flexibility index (Phi) is 9.44. The Morgan fingerprint density at radius 3 is 2.61 bits per heavy atom. The van der Waals surface area contributed by atoms with E-state index in [2.05, 4.69) is 25.3 Å². The molecule has 1 aromatic heterocycles. The van der Waals surface area contributed by atoms with Crippen molar-refractivity contribution in [1.29, 1.82) is 0 Å². The van der Waals surface area contributed by atoms with Gasteiger partial charge in [0.1, 0.15) is 11.9 Å². The van der Waals surface area contributed by atoms with Gasteiger partial charge in [-0.3, -0.25) is 15.4 Å². The molecule has 12 heteroatoms. The topological polar surface area (TPSA) is 126 Å². The van der Waals surface area contributed by atoms with Crippen LogP contribution in [-0.2, 0) is 20.7 Å². The van der Waals surface area contributed by atoms with Crippen LogP contribution in [0.2, 0.25) is 5.02 Å². The van der Waals surface area contributed by atoms with Crippen LogP contribution < -0.4 is 10.6 Å². The minimum Gasteiger partial charge on any atom is -0.453 e. The van der Waals surface area contributed by atoms with Gasteiger partial charge in [-0.15, -0.1) is 0 Å². The van der Waals surface area contributed by atoms with E-state index in [1.807, 2.05) is 30.3 Å². The summed E-state index contributed by atoms with van der Waals surface area (Å²) in [5, 5.41) is 5.05. The Bertz CT molecular complexity index is 1650. The van der Waals surface area contributed by atoms with E-state index in [1.165, 1.54) is 13.2 Å². The van der Waals surface area contributed by atoms with Crippen molar-refractivity contribution in [1.82, 2.24) is 14.9 Å². The lowest BCUT2D eigenvalue weighted by Gasteiger charge is -2.28. The fourth-order valence-corrected chi connectivity index (χ4v) is 5.30. The van der Waals surface area contributed by atoms with Crippen molar-refractivity contribution in [3.8, 4) is 11.4 Å². The number of aromatic amines is 1. The standard InChI is InChI=1S/C32H31ClFN5O5/c1-39(16-6-9-26-27-24(38-32(42)44-26)15-14-23(33)28(27)34)30(40)22(17-19-7-4-3-5-8-19)25-18-35-29(37-25)20-10-12-21(13-11-20)36-31(41)43-2/h3-5,7-8,10-15,18,22,26H,6,9,16-17H2,1-2H3,(H,35,37)(H,36,41)(H,38,42). The van der Waals surface area contributed by atoms with Crippen LogP contribution in [-0.4, -0.2) is 53.7 Å². The molecule has 0 aliphatic carbocycles. The molecule has 0 saturated heterocycles. The summed E-state index contributed by atoms with van der Waals surface area (Å²) in [5.74, 6) is -0.743. The van der Waals surface area contributed by atoms with Crippen LogP contribution in [0, 0.1) is 5.82 Å². The Morgan fingerprint density at radius 1 is 1.14 bits per heavy atom. The number of anilines is 2. The molecule has 3 aromatic carbocycles. The molecule has 228 valence electrons. The quantitative estimate of drug-likeness (QED) is 0.177. The minimum absolute atomic E-state index is 0.0581. The second-order valence-corrected chi connectivity index (χ2v) is 10.8. The molecular weight excluding hydrogens is 589 g/mol. The second-order valence-electron chi connectivity index (χ2n) is 10.4. The average molecular weight is 620 g/mol. The number of rotatable bonds is 10. The summed E-state index contributed by atoms with van der Waals surface area (Å²) in [6.45, 7) is 0.346. The summed E-state index contributed by atoms with van der Waals surface area (Å²) in [6.07, 6.45) is 0.787. The van der Waals surface area contributed by atoms with Crippen molar-refractivity contribution >= 4 is 41.1 Å². The zero-order valence-corrected chi connectivity index (χ0v) is 24.9. The van der Waals surface area contributed by atoms with Crippen molar-refractivity contribution in [2.24, 2.45) is 0 Å². The minimum atomic E-state index is -0.828. The molecule has 0 spiro atoms. The SMILES string of the molecule is COC(=O)Nc1ccc(-c2ncc(C(Cc3ccccc3)C(=O)N(C)CCCC3OC(=O)Nc4ccc(Cl)c(F)c43)[nH]2)cc1. The number of cyclic esters (lactones) is 1. The van der Waals surface area contributed by atoms with Gasteiger partial charge in [-0.2, -0.15) is 0 Å². The summed E-state index contributed by atoms with van der Waals surface area (Å²) >= 11 is 5.98. The maximum absolute atomic E-state index is 14.8. The van der Waals surface area contributed by atoms with Crippen molar-refractivity contribution in [2.45, 2.75) is 31.3 Å². The number of hydrogen-bond acceptors (Lipinski definition) is 6. The molecule has 3 amide bonds. The molecule has 0 radical (unpaired) electrons. The number of fused-ring (bicyclic) bond motifs is 1. The monoisotopic (exact) mass is 619 g/mol. The van der Waals surface area contributed by atoms with Gasteiger partial charge in [0.05, 0.1) is 29.3 Å². The van der Waals surface area contributed by atoms with Crippen LogP contribution in [0.3, 0.4) is 0 Å². The number of aromatic nitrogens is 2. The van der Waals surface area contributed by atoms with Crippen molar-refractivity contribution < 1.29 is 28.2 Å². The lowest BCUT2D eigenvalue weighted by molar-refractivity contribution is -0.131. The molecule has 0 fully saturated rings. The molecule has 2 atom stereocenters. The zero-order chi connectivity index (χ0) is 31.2. The molecule has 2 heterocycles. The van der Waals surface area contributed by atoms with E-state index in [-0.39, 0.29) is 16.5 Å². The number of amides is 3. The number of methoxy groups -OCH3 is 1. The number of halogens is 2. The summed E-state index contributed by atoms with van der Waals surface area (Å²) in [5.41, 5.74) is 3.50. The third kappa shape index (κ3) is 7.00. The number of benzene rings is 3. The average Bonchev–Trinajstić information content (AvgIpc) is 3.52. The predicted octanol–water partition coefficient (Wildman–Crippen LogP) is 6.92. The van der Waals surface area contributed by atoms with Gasteiger partial charge in [-0.05, 0) is 61.2 Å². The van der Waals surface area contributed by atoms with Gasteiger partial charge < -0.3 is 19.4 Å². The highest BCUT2D eigenvalue weighted by Crippen LogP contribution is 2.38. The van der Waals surface area contributed by atoms with E-state index in [4.69, 9.17) is 16.3 Å². The summed E-state index contributed by atoms with van der Waals surface area (Å²) in [4.78, 5) is 46.8. The predicted molar refractivity (Wildman–Crippen MR) is 164 cm³/mol. The molecule has 10 nitrogen and oxygen atoms in total. The van der Waals surface area contributed by atoms with E-state index in [0.717, 1.165) is 11.1 Å². The Balaban J connectivity index is 1.30. The number of carbonyl (C=O) groups excluding carboxylic acids is 3. The lowest BCUT2D eigenvalue weighted by Crippen LogP contribution is -2.34. The van der Waals surface area contributed by atoms with Gasteiger partial charge in [-0.1, -0.05) is 41.9 Å².